The summed E-state index contributed by atoms with van der Waals surface area (Å²) >= 11 is 1.33. The summed E-state index contributed by atoms with van der Waals surface area (Å²) in [5.41, 5.74) is 0. The normalized spacial score (nSPS) is 15.8. The van der Waals surface area contributed by atoms with Gasteiger partial charge in [-0.25, -0.2) is 0 Å². The van der Waals surface area contributed by atoms with E-state index in [-0.39, 0.29) is 17.8 Å². The summed E-state index contributed by atoms with van der Waals surface area (Å²) < 4.78 is 13.3. The van der Waals surface area contributed by atoms with Crippen LogP contribution in [0.2, 0.25) is 0 Å². The molecule has 0 spiro atoms. The smallest absolute Gasteiger partial charge is 0.230 e. The Bertz CT molecular complexity index is 719. The quantitative estimate of drug-likeness (QED) is 0.605. The van der Waals surface area contributed by atoms with E-state index < -0.39 is 0 Å². The molecular weight excluding hydrogens is 328 g/mol. The number of allylic oxidation sites excluding steroid dienone is 1. The van der Waals surface area contributed by atoms with Crippen LogP contribution in [0.5, 0.6) is 11.5 Å². The molecule has 24 heavy (non-hydrogen) atoms. The number of para-hydroxylation sites is 2. The standard InChI is InChI=1S/C16H18N4O3S/c1-2-7-20-11-18-19-16(20)24-10-15(21)17-8-12-9-22-13-5-3-4-6-14(13)23-12/h2-6,11-12H,1,7-10H2,(H,17,21)/t12-/m1/s1. The van der Waals surface area contributed by atoms with Gasteiger partial charge in [-0.3, -0.25) is 4.79 Å². The van der Waals surface area contributed by atoms with Crippen molar-refractivity contribution >= 4 is 17.7 Å². The Morgan fingerprint density at radius 1 is 1.46 bits per heavy atom. The number of hydrogen-bond donors (Lipinski definition) is 1. The van der Waals surface area contributed by atoms with Crippen LogP contribution in [0.3, 0.4) is 0 Å². The summed E-state index contributed by atoms with van der Waals surface area (Å²) in [6, 6.07) is 7.50. The molecule has 0 fully saturated rings. The number of thioether (sulfide) groups is 1. The first-order valence-corrected chi connectivity index (χ1v) is 8.51. The van der Waals surface area contributed by atoms with Crippen LogP contribution in [-0.2, 0) is 11.3 Å². The maximum absolute atomic E-state index is 12.0. The number of nitrogens with one attached hydrogen (secondary N) is 1. The van der Waals surface area contributed by atoms with Crippen LogP contribution in [0.25, 0.3) is 0 Å². The van der Waals surface area contributed by atoms with Gasteiger partial charge >= 0.3 is 0 Å². The minimum absolute atomic E-state index is 0.0874. The molecule has 1 aromatic heterocycles. The average Bonchev–Trinajstić information content (AvgIpc) is 3.05. The number of carbonyl (C=O) groups is 1. The lowest BCUT2D eigenvalue weighted by Gasteiger charge is -2.26. The average molecular weight is 346 g/mol. The first-order valence-electron chi connectivity index (χ1n) is 7.53. The van der Waals surface area contributed by atoms with E-state index >= 15 is 0 Å². The fourth-order valence-electron chi connectivity index (χ4n) is 2.19. The second-order valence-corrected chi connectivity index (χ2v) is 6.09. The number of benzene rings is 1. The van der Waals surface area contributed by atoms with E-state index in [1.54, 1.807) is 12.4 Å². The number of hydrogen-bond acceptors (Lipinski definition) is 6. The lowest BCUT2D eigenvalue weighted by molar-refractivity contribution is -0.119. The number of amides is 1. The Kier molecular flexibility index (Phi) is 5.37. The predicted octanol–water partition coefficient (Wildman–Crippen LogP) is 1.51. The van der Waals surface area contributed by atoms with Crippen molar-refractivity contribution < 1.29 is 14.3 Å². The van der Waals surface area contributed by atoms with Crippen LogP contribution >= 0.6 is 11.8 Å². The maximum atomic E-state index is 12.0. The minimum Gasteiger partial charge on any atom is -0.486 e. The summed E-state index contributed by atoms with van der Waals surface area (Å²) in [5, 5.41) is 11.4. The summed E-state index contributed by atoms with van der Waals surface area (Å²) in [6.45, 7) is 5.10. The molecule has 0 bridgehead atoms. The third-order valence-corrected chi connectivity index (χ3v) is 4.31. The van der Waals surface area contributed by atoms with E-state index in [1.807, 2.05) is 28.8 Å². The van der Waals surface area contributed by atoms with Crippen molar-refractivity contribution in [1.82, 2.24) is 20.1 Å². The van der Waals surface area contributed by atoms with Gasteiger partial charge in [0.25, 0.3) is 0 Å². The van der Waals surface area contributed by atoms with Gasteiger partial charge in [0.15, 0.2) is 16.7 Å². The van der Waals surface area contributed by atoms with Crippen molar-refractivity contribution in [3.05, 3.63) is 43.2 Å². The third kappa shape index (κ3) is 4.08. The highest BCUT2D eigenvalue weighted by atomic mass is 32.2. The lowest BCUT2D eigenvalue weighted by Crippen LogP contribution is -2.41. The maximum Gasteiger partial charge on any atom is 0.230 e. The zero-order valence-corrected chi connectivity index (χ0v) is 13.9. The Labute approximate surface area is 144 Å². The van der Waals surface area contributed by atoms with Gasteiger partial charge < -0.3 is 19.4 Å². The number of ether oxygens (including phenoxy) is 2. The van der Waals surface area contributed by atoms with E-state index in [4.69, 9.17) is 9.47 Å². The molecule has 1 aliphatic rings. The van der Waals surface area contributed by atoms with E-state index in [2.05, 4.69) is 22.1 Å². The van der Waals surface area contributed by atoms with Crippen molar-refractivity contribution in [2.24, 2.45) is 0 Å². The van der Waals surface area contributed by atoms with Crippen LogP contribution in [0, 0.1) is 0 Å². The van der Waals surface area contributed by atoms with Gasteiger partial charge in [0.1, 0.15) is 19.0 Å². The van der Waals surface area contributed by atoms with Crippen molar-refractivity contribution in [3.63, 3.8) is 0 Å². The van der Waals surface area contributed by atoms with Crippen LogP contribution in [-0.4, -0.2) is 45.7 Å². The number of carbonyl (C=O) groups excluding carboxylic acids is 1. The number of aromatic nitrogens is 3. The molecule has 0 unspecified atom stereocenters. The minimum atomic E-state index is -0.196. The Morgan fingerprint density at radius 3 is 3.12 bits per heavy atom. The second-order valence-electron chi connectivity index (χ2n) is 5.14. The third-order valence-electron chi connectivity index (χ3n) is 3.33. The van der Waals surface area contributed by atoms with Crippen LogP contribution < -0.4 is 14.8 Å². The van der Waals surface area contributed by atoms with Crippen molar-refractivity contribution in [2.75, 3.05) is 18.9 Å². The van der Waals surface area contributed by atoms with Crippen molar-refractivity contribution in [2.45, 2.75) is 17.8 Å². The predicted molar refractivity (Wildman–Crippen MR) is 90.3 cm³/mol. The first kappa shape index (κ1) is 16.4. The first-order chi connectivity index (χ1) is 11.8. The highest BCUT2D eigenvalue weighted by Gasteiger charge is 2.21. The fraction of sp³-hybridized carbons (Fsp3) is 0.312. The largest absolute Gasteiger partial charge is 0.486 e. The van der Waals surface area contributed by atoms with E-state index in [0.29, 0.717) is 30.6 Å². The summed E-state index contributed by atoms with van der Waals surface area (Å²) in [7, 11) is 0. The van der Waals surface area contributed by atoms with Gasteiger partial charge in [0, 0.05) is 6.54 Å². The molecule has 8 heteroatoms. The van der Waals surface area contributed by atoms with Crippen LogP contribution in [0.15, 0.2) is 48.4 Å². The molecule has 7 nitrogen and oxygen atoms in total. The highest BCUT2D eigenvalue weighted by molar-refractivity contribution is 7.99. The second kappa shape index (κ2) is 7.87. The zero-order valence-electron chi connectivity index (χ0n) is 13.1. The molecule has 0 saturated carbocycles. The highest BCUT2D eigenvalue weighted by Crippen LogP contribution is 2.30. The summed E-state index contributed by atoms with van der Waals surface area (Å²) in [4.78, 5) is 12.0. The molecule has 3 rings (SSSR count). The van der Waals surface area contributed by atoms with Crippen LogP contribution in [0.1, 0.15) is 0 Å². The number of rotatable bonds is 7. The van der Waals surface area contributed by atoms with Gasteiger partial charge in [-0.15, -0.1) is 16.8 Å². The summed E-state index contributed by atoms with van der Waals surface area (Å²) in [6.07, 6.45) is 3.18. The summed E-state index contributed by atoms with van der Waals surface area (Å²) in [5.74, 6) is 1.61. The Morgan fingerprint density at radius 2 is 2.29 bits per heavy atom. The Balaban J connectivity index is 1.43. The molecule has 1 aliphatic heterocycles. The fourth-order valence-corrected chi connectivity index (χ4v) is 2.95. The van der Waals surface area contributed by atoms with Crippen LogP contribution in [0.4, 0.5) is 0 Å². The van der Waals surface area contributed by atoms with E-state index in [1.165, 1.54) is 11.8 Å². The molecule has 2 heterocycles. The lowest BCUT2D eigenvalue weighted by atomic mass is 10.2. The van der Waals surface area contributed by atoms with Gasteiger partial charge in [-0.2, -0.15) is 0 Å². The Hall–Kier alpha value is -2.48. The van der Waals surface area contributed by atoms with Gasteiger partial charge in [0.05, 0.1) is 12.3 Å². The monoisotopic (exact) mass is 346 g/mol. The topological polar surface area (TPSA) is 78.3 Å². The molecule has 1 atom stereocenters. The molecule has 0 aliphatic carbocycles. The molecule has 0 radical (unpaired) electrons. The SMILES string of the molecule is C=CCn1cnnc1SCC(=O)NC[C@@H]1COc2ccccc2O1. The van der Waals surface area contributed by atoms with Gasteiger partial charge in [-0.05, 0) is 12.1 Å². The molecule has 0 saturated heterocycles. The molecule has 1 amide bonds. The van der Waals surface area contributed by atoms with E-state index in [9.17, 15) is 4.79 Å². The van der Waals surface area contributed by atoms with Gasteiger partial charge in [0.2, 0.25) is 5.91 Å². The molecular formula is C16H18N4O3S. The zero-order chi connectivity index (χ0) is 16.8. The number of nitrogens with zero attached hydrogens (tertiary/aromatic N) is 3. The van der Waals surface area contributed by atoms with Crippen molar-refractivity contribution in [3.8, 4) is 11.5 Å². The van der Waals surface area contributed by atoms with Crippen molar-refractivity contribution in [1.29, 1.82) is 0 Å². The molecule has 2 aromatic rings. The molecule has 1 N–H and O–H groups in total. The van der Waals surface area contributed by atoms with E-state index in [0.717, 1.165) is 5.75 Å². The number of fused-ring (bicyclic) bond motifs is 1. The molecule has 126 valence electrons. The molecule has 1 aromatic carbocycles. The van der Waals surface area contributed by atoms with Gasteiger partial charge in [-0.1, -0.05) is 30.0 Å².